The van der Waals surface area contributed by atoms with E-state index in [1.807, 2.05) is 0 Å². The van der Waals surface area contributed by atoms with Crippen LogP contribution in [0.15, 0.2) is 47.3 Å². The third-order valence-corrected chi connectivity index (χ3v) is 6.66. The van der Waals surface area contributed by atoms with Gasteiger partial charge in [0.15, 0.2) is 0 Å². The topological polar surface area (TPSA) is 100 Å². The number of likely N-dealkylation sites (tertiary alicyclic amines) is 1. The molecule has 0 saturated carbocycles. The summed E-state index contributed by atoms with van der Waals surface area (Å²) in [5.41, 5.74) is -2.06. The van der Waals surface area contributed by atoms with Crippen LogP contribution in [0, 0.1) is 11.3 Å². The van der Waals surface area contributed by atoms with Crippen LogP contribution < -0.4 is 5.69 Å². The van der Waals surface area contributed by atoms with Gasteiger partial charge in [0.05, 0.1) is 35.0 Å². The smallest absolute Gasteiger partial charge is 0.417 e. The van der Waals surface area contributed by atoms with Crippen LogP contribution in [0.1, 0.15) is 40.9 Å². The van der Waals surface area contributed by atoms with Gasteiger partial charge in [-0.05, 0) is 30.7 Å². The molecule has 180 valence electrons. The number of aromatic hydroxyl groups is 1. The van der Waals surface area contributed by atoms with Gasteiger partial charge in [-0.3, -0.25) is 9.47 Å². The maximum atomic E-state index is 13.4. The van der Waals surface area contributed by atoms with Crippen LogP contribution in [-0.2, 0) is 17.5 Å². The first-order chi connectivity index (χ1) is 16.6. The molecule has 0 spiro atoms. The number of imidazole rings is 1. The number of fused-ring (bicyclic) bond motifs is 5. The number of hydrogen-bond acceptors (Lipinski definition) is 5. The lowest BCUT2D eigenvalue weighted by Gasteiger charge is -2.27. The highest BCUT2D eigenvalue weighted by Gasteiger charge is 2.50. The standard InChI is InChI=1S/C23H16ClF3N4O4/c24-17-4-2-1-3-13(17)11-35-22(34)29-10-15-8-18(29)19-20(32)31(21(33)30(15)19)14-6-5-12(9-28)16(7-14)23(25,26)27/h1-7,15,18,32H,8,10-11H2. The van der Waals surface area contributed by atoms with Crippen LogP contribution in [0.5, 0.6) is 5.88 Å². The number of hydrogen-bond donors (Lipinski definition) is 1. The molecule has 8 nitrogen and oxygen atoms in total. The van der Waals surface area contributed by atoms with Crippen molar-refractivity contribution < 1.29 is 27.8 Å². The first-order valence-electron chi connectivity index (χ1n) is 10.5. The zero-order valence-electron chi connectivity index (χ0n) is 17.8. The summed E-state index contributed by atoms with van der Waals surface area (Å²) < 4.78 is 47.7. The summed E-state index contributed by atoms with van der Waals surface area (Å²) in [7, 11) is 0. The van der Waals surface area contributed by atoms with E-state index in [2.05, 4.69) is 0 Å². The van der Waals surface area contributed by atoms with Gasteiger partial charge < -0.3 is 9.84 Å². The zero-order chi connectivity index (χ0) is 25.1. The molecule has 1 aromatic heterocycles. The predicted molar refractivity (Wildman–Crippen MR) is 116 cm³/mol. The molecule has 5 rings (SSSR count). The minimum atomic E-state index is -4.83. The Morgan fingerprint density at radius 3 is 2.69 bits per heavy atom. The molecular weight excluding hydrogens is 489 g/mol. The van der Waals surface area contributed by atoms with E-state index in [0.717, 1.165) is 16.7 Å². The lowest BCUT2D eigenvalue weighted by Crippen LogP contribution is -2.38. The predicted octanol–water partition coefficient (Wildman–Crippen LogP) is 4.53. The third-order valence-electron chi connectivity index (χ3n) is 6.29. The molecule has 2 atom stereocenters. The van der Waals surface area contributed by atoms with E-state index < -0.39 is 47.0 Å². The van der Waals surface area contributed by atoms with Crippen molar-refractivity contribution in [3.63, 3.8) is 0 Å². The molecule has 1 saturated heterocycles. The number of carbonyl (C=O) groups is 1. The maximum absolute atomic E-state index is 13.4. The van der Waals surface area contributed by atoms with Gasteiger partial charge in [0.25, 0.3) is 0 Å². The van der Waals surface area contributed by atoms with Crippen molar-refractivity contribution in [3.05, 3.63) is 80.4 Å². The lowest BCUT2D eigenvalue weighted by atomic mass is 10.1. The van der Waals surface area contributed by atoms with Gasteiger partial charge in [-0.1, -0.05) is 29.8 Å². The molecule has 0 aliphatic carbocycles. The highest BCUT2D eigenvalue weighted by atomic mass is 35.5. The van der Waals surface area contributed by atoms with Crippen LogP contribution >= 0.6 is 11.6 Å². The number of nitriles is 1. The second-order valence-electron chi connectivity index (χ2n) is 8.24. The number of carbonyl (C=O) groups excluding carboxylic acids is 1. The molecule has 3 heterocycles. The summed E-state index contributed by atoms with van der Waals surface area (Å²) in [4.78, 5) is 27.2. The highest BCUT2D eigenvalue weighted by Crippen LogP contribution is 2.49. The second-order valence-corrected chi connectivity index (χ2v) is 8.65. The van der Waals surface area contributed by atoms with E-state index in [0.29, 0.717) is 23.1 Å². The molecule has 1 N–H and O–H groups in total. The van der Waals surface area contributed by atoms with E-state index in [1.54, 1.807) is 24.3 Å². The molecule has 3 aromatic rings. The third kappa shape index (κ3) is 3.61. The van der Waals surface area contributed by atoms with Crippen molar-refractivity contribution in [2.45, 2.75) is 31.3 Å². The van der Waals surface area contributed by atoms with Gasteiger partial charge in [0.2, 0.25) is 5.88 Å². The fraction of sp³-hybridized carbons (Fsp3) is 0.261. The Morgan fingerprint density at radius 2 is 2.00 bits per heavy atom. The van der Waals surface area contributed by atoms with Crippen molar-refractivity contribution in [1.29, 1.82) is 5.26 Å². The average molecular weight is 505 g/mol. The van der Waals surface area contributed by atoms with Gasteiger partial charge >= 0.3 is 18.0 Å². The number of rotatable bonds is 3. The van der Waals surface area contributed by atoms with Gasteiger partial charge in [-0.2, -0.15) is 18.4 Å². The Bertz CT molecular complexity index is 1460. The molecule has 2 unspecified atom stereocenters. The number of nitrogens with zero attached hydrogens (tertiary/aromatic N) is 4. The van der Waals surface area contributed by atoms with E-state index >= 15 is 0 Å². The number of amides is 1. The Kier molecular flexibility index (Phi) is 5.29. The quantitative estimate of drug-likeness (QED) is 0.565. The van der Waals surface area contributed by atoms with E-state index in [9.17, 15) is 27.9 Å². The minimum Gasteiger partial charge on any atom is -0.493 e. The Labute approximate surface area is 200 Å². The molecule has 2 bridgehead atoms. The molecule has 12 heteroatoms. The summed E-state index contributed by atoms with van der Waals surface area (Å²) >= 11 is 6.09. The summed E-state index contributed by atoms with van der Waals surface area (Å²) in [6.07, 6.45) is -5.13. The van der Waals surface area contributed by atoms with Crippen LogP contribution in [0.3, 0.4) is 0 Å². The van der Waals surface area contributed by atoms with Gasteiger partial charge in [0.1, 0.15) is 12.3 Å². The Morgan fingerprint density at radius 1 is 1.26 bits per heavy atom. The van der Waals surface area contributed by atoms with Crippen LogP contribution in [0.25, 0.3) is 5.69 Å². The molecule has 2 aromatic carbocycles. The highest BCUT2D eigenvalue weighted by molar-refractivity contribution is 6.31. The largest absolute Gasteiger partial charge is 0.493 e. The van der Waals surface area contributed by atoms with Gasteiger partial charge in [-0.15, -0.1) is 0 Å². The van der Waals surface area contributed by atoms with Crippen molar-refractivity contribution in [1.82, 2.24) is 14.0 Å². The normalized spacial score (nSPS) is 18.4. The average Bonchev–Trinajstić information content (AvgIpc) is 3.48. The summed E-state index contributed by atoms with van der Waals surface area (Å²) in [5.74, 6) is -0.566. The van der Waals surface area contributed by atoms with Crippen molar-refractivity contribution in [2.24, 2.45) is 0 Å². The SMILES string of the molecule is N#Cc1ccc(-n2c(O)c3n(c2=O)C2CC3N(C(=O)OCc3ccccc3Cl)C2)cc1C(F)(F)F. The second kappa shape index (κ2) is 8.09. The number of alkyl halides is 3. The first kappa shape index (κ1) is 22.9. The summed E-state index contributed by atoms with van der Waals surface area (Å²) in [6, 6.07) is 9.93. The maximum Gasteiger partial charge on any atom is 0.417 e. The van der Waals surface area contributed by atoms with Gasteiger partial charge in [0, 0.05) is 17.1 Å². The van der Waals surface area contributed by atoms with Crippen LogP contribution in [-0.4, -0.2) is 31.8 Å². The fourth-order valence-corrected chi connectivity index (χ4v) is 4.91. The van der Waals surface area contributed by atoms with Crippen LogP contribution in [0.4, 0.5) is 18.0 Å². The fourth-order valence-electron chi connectivity index (χ4n) is 4.72. The van der Waals surface area contributed by atoms with Crippen molar-refractivity contribution in [2.75, 3.05) is 6.54 Å². The van der Waals surface area contributed by atoms with E-state index in [-0.39, 0.29) is 24.5 Å². The lowest BCUT2D eigenvalue weighted by molar-refractivity contribution is -0.137. The molecule has 1 fully saturated rings. The number of halogens is 4. The molecule has 35 heavy (non-hydrogen) atoms. The van der Waals surface area contributed by atoms with E-state index in [4.69, 9.17) is 21.6 Å². The Balaban J connectivity index is 1.46. The monoisotopic (exact) mass is 504 g/mol. The minimum absolute atomic E-state index is 0.0718. The molecule has 2 aliphatic rings. The number of benzene rings is 2. The zero-order valence-corrected chi connectivity index (χ0v) is 18.5. The summed E-state index contributed by atoms with van der Waals surface area (Å²) in [5, 5.41) is 20.3. The van der Waals surface area contributed by atoms with Crippen molar-refractivity contribution in [3.8, 4) is 17.6 Å². The van der Waals surface area contributed by atoms with Gasteiger partial charge in [-0.25, -0.2) is 14.2 Å². The van der Waals surface area contributed by atoms with E-state index in [1.165, 1.54) is 15.5 Å². The molecule has 1 amide bonds. The molecule has 2 aliphatic heterocycles. The molecule has 0 radical (unpaired) electrons. The number of aromatic nitrogens is 2. The number of ether oxygens (including phenoxy) is 1. The molecular formula is C23H16ClF3N4O4. The Hall–Kier alpha value is -3.91. The van der Waals surface area contributed by atoms with Crippen LogP contribution in [0.2, 0.25) is 5.02 Å². The summed E-state index contributed by atoms with van der Waals surface area (Å²) in [6.45, 7) is 0.0706. The first-order valence-corrected chi connectivity index (χ1v) is 10.8. The van der Waals surface area contributed by atoms with Crippen molar-refractivity contribution >= 4 is 17.7 Å².